The first-order valence-electron chi connectivity index (χ1n) is 27.5. The van der Waals surface area contributed by atoms with Crippen molar-refractivity contribution in [2.75, 3.05) is 34.0 Å². The van der Waals surface area contributed by atoms with Gasteiger partial charge in [0.15, 0.2) is 48.7 Å². The lowest BCUT2D eigenvalue weighted by atomic mass is 9.72. The summed E-state index contributed by atoms with van der Waals surface area (Å²) in [5, 5.41) is 152. The summed E-state index contributed by atoms with van der Waals surface area (Å²) in [5.74, 6) is -3.22. The first-order valence-corrected chi connectivity index (χ1v) is 27.5. The number of aliphatic hydroxyl groups excluding tert-OH is 14. The third-order valence-corrected chi connectivity index (χ3v) is 16.9. The number of methoxy groups -OCH3 is 2. The van der Waals surface area contributed by atoms with Crippen molar-refractivity contribution in [3.63, 3.8) is 0 Å². The molecule has 0 aromatic rings. The number of hydrogen-bond donors (Lipinski definition) is 14. The number of allylic oxidation sites excluding steroid dienone is 3. The number of hydrogen-bond acceptors (Lipinski definition) is 26. The molecule has 25 atom stereocenters. The second-order valence-electron chi connectivity index (χ2n) is 22.2. The van der Waals surface area contributed by atoms with E-state index in [1.807, 2.05) is 0 Å². The second-order valence-corrected chi connectivity index (χ2v) is 22.2. The summed E-state index contributed by atoms with van der Waals surface area (Å²) in [6, 6.07) is 0. The van der Waals surface area contributed by atoms with Crippen molar-refractivity contribution in [1.29, 1.82) is 0 Å². The van der Waals surface area contributed by atoms with Crippen molar-refractivity contribution in [3.8, 4) is 0 Å². The summed E-state index contributed by atoms with van der Waals surface area (Å²) in [7, 11) is 2.69. The van der Waals surface area contributed by atoms with Crippen LogP contribution in [0, 0.1) is 17.8 Å². The molecule has 3 saturated carbocycles. The molecule has 4 aliphatic heterocycles. The highest BCUT2D eigenvalue weighted by Gasteiger charge is 2.58. The van der Waals surface area contributed by atoms with E-state index in [1.54, 1.807) is 6.08 Å². The van der Waals surface area contributed by atoms with Gasteiger partial charge in [-0.15, -0.1) is 0 Å². The smallest absolute Gasteiger partial charge is 0.331 e. The van der Waals surface area contributed by atoms with E-state index >= 15 is 0 Å². The summed E-state index contributed by atoms with van der Waals surface area (Å²) in [5.41, 5.74) is 0.448. The zero-order valence-corrected chi connectivity index (χ0v) is 44.5. The highest BCUT2D eigenvalue weighted by atomic mass is 16.8. The molecule has 80 heavy (non-hydrogen) atoms. The molecule has 4 aliphatic carbocycles. The van der Waals surface area contributed by atoms with Crippen molar-refractivity contribution in [2.45, 2.75) is 218 Å². The van der Waals surface area contributed by atoms with Gasteiger partial charge in [0.2, 0.25) is 0 Å². The summed E-state index contributed by atoms with van der Waals surface area (Å²) >= 11 is 0. The molecule has 8 aliphatic rings. The molecular weight excluding hydrogens is 1070 g/mol. The van der Waals surface area contributed by atoms with Crippen LogP contribution in [0.25, 0.3) is 0 Å². The van der Waals surface area contributed by atoms with Crippen molar-refractivity contribution in [3.05, 3.63) is 47.5 Å². The van der Waals surface area contributed by atoms with Crippen molar-refractivity contribution in [1.82, 2.24) is 0 Å². The van der Waals surface area contributed by atoms with Crippen LogP contribution in [-0.4, -0.2) is 269 Å². The predicted molar refractivity (Wildman–Crippen MR) is 267 cm³/mol. The molecule has 0 amide bonds. The van der Waals surface area contributed by atoms with Gasteiger partial charge in [0.05, 0.1) is 56.8 Å². The fourth-order valence-corrected chi connectivity index (χ4v) is 12.2. The number of esters is 2. The molecule has 4 heterocycles. The molecule has 4 saturated heterocycles. The second kappa shape index (κ2) is 28.0. The highest BCUT2D eigenvalue weighted by molar-refractivity contribution is 5.83. The zero-order valence-electron chi connectivity index (χ0n) is 44.5. The highest BCUT2D eigenvalue weighted by Crippen LogP contribution is 2.45. The minimum absolute atomic E-state index is 0.00216. The van der Waals surface area contributed by atoms with Gasteiger partial charge in [0.25, 0.3) is 0 Å². The number of ether oxygens (including phenoxy) is 11. The molecule has 7 fully saturated rings. The van der Waals surface area contributed by atoms with Crippen molar-refractivity contribution < 1.29 is 133 Å². The van der Waals surface area contributed by atoms with Crippen LogP contribution < -0.4 is 0 Å². The maximum absolute atomic E-state index is 13.6. The Hall–Kier alpha value is -3.34. The summed E-state index contributed by atoms with van der Waals surface area (Å²) in [4.78, 5) is 26.7. The van der Waals surface area contributed by atoms with Gasteiger partial charge in [-0.25, -0.2) is 9.59 Å². The molecule has 0 aromatic carbocycles. The van der Waals surface area contributed by atoms with E-state index in [4.69, 9.17) is 52.1 Å². The number of aliphatic hydroxyl groups is 16. The van der Waals surface area contributed by atoms with Crippen LogP contribution in [0.5, 0.6) is 0 Å². The minimum Gasteiger partial charge on any atom is -0.506 e. The van der Waals surface area contributed by atoms with E-state index in [2.05, 4.69) is 0 Å². The topological polar surface area (TPSA) is 422 Å². The normalized spacial score (nSPS) is 45.7. The maximum atomic E-state index is 13.6. The van der Waals surface area contributed by atoms with Gasteiger partial charge in [0.1, 0.15) is 86.0 Å². The Morgan fingerprint density at radius 2 is 1.27 bits per heavy atom. The fourth-order valence-electron chi connectivity index (χ4n) is 12.2. The SMILES string of the molecule is COC1=C(O)[C@@H](OC)CC(C=CC(=O)O[C@H]2[C@H](O[C@H]3[C@H](OC4CC5C(O[C@@H]6O[C@H](CO)[C@@H](O)[C@H](O)[C@H]6O)CC(O)CC5[OH+]C4C4CCC(O)C(O)C4)O[C@H](COC(=O)C=CC4CCC(O)CC4)[C@@H](O)[C@@H]3O)O[C@H](CO)[C@@H](O)[C@@H]2O)=C1. The van der Waals surface area contributed by atoms with E-state index in [0.717, 1.165) is 6.08 Å². The summed E-state index contributed by atoms with van der Waals surface area (Å²) < 4.78 is 64.4. The van der Waals surface area contributed by atoms with Gasteiger partial charge in [-0.1, -0.05) is 12.2 Å². The average Bonchev–Trinajstić information content (AvgIpc) is 3.58. The van der Waals surface area contributed by atoms with Gasteiger partial charge in [-0.05, 0) is 68.9 Å². The predicted octanol–water partition coefficient (Wildman–Crippen LogP) is -4.33. The summed E-state index contributed by atoms with van der Waals surface area (Å²) in [6.45, 7) is -2.30. The van der Waals surface area contributed by atoms with Gasteiger partial charge in [-0.2, -0.15) is 0 Å². The molecular formula is C53H81O27+. The van der Waals surface area contributed by atoms with Crippen LogP contribution in [0.2, 0.25) is 0 Å². The lowest BCUT2D eigenvalue weighted by Gasteiger charge is -2.51. The maximum Gasteiger partial charge on any atom is 0.331 e. The Labute approximate surface area is 461 Å². The standard InChI is InChI=1S/C53H80O27/c1-70-32-13-23(14-33(71-2)40(32)62)6-12-39(61)79-49-45(67)42(64)36(20-55)77-53(49)80-50-46(68)43(65)37(21-72-38(60)11-5-22-3-8-25(56)9-4-22)78-52(50)75-34-18-27-30(73-48(34)24-7-10-28(58)29(59)15-24)16-26(57)17-31(27)74-51-47(69)44(66)41(63)35(19-54)76-51/h5-6,11-13,22,24-31,33-37,41-59,62-69H,3-4,7-10,14-21H2,1-2H3/p+1/t22?,24?,25?,26?,27?,28?,29?,30?,31?,33-,34?,35+,36+,37+,41+,42+,43+,44-,45-,46-,47+,48?,49+,50+,51+,52+,53-/m0/s1. The van der Waals surface area contributed by atoms with Crippen molar-refractivity contribution in [2.24, 2.45) is 17.8 Å². The molecule has 15 N–H and O–H groups in total. The first-order chi connectivity index (χ1) is 38.2. The third-order valence-electron chi connectivity index (χ3n) is 16.9. The molecule has 0 bridgehead atoms. The number of carbonyl (C=O) groups is 2. The van der Waals surface area contributed by atoms with Gasteiger partial charge < -0.3 is 124 Å². The largest absolute Gasteiger partial charge is 0.506 e. The number of carbonyl (C=O) groups excluding carboxylic acids is 2. The Balaban J connectivity index is 1.09. The molecule has 454 valence electrons. The lowest BCUT2D eigenvalue weighted by molar-refractivity contribution is -0.390. The van der Waals surface area contributed by atoms with Crippen LogP contribution in [0.15, 0.2) is 47.5 Å². The van der Waals surface area contributed by atoms with E-state index in [-0.39, 0.29) is 56.0 Å². The van der Waals surface area contributed by atoms with Gasteiger partial charge >= 0.3 is 11.9 Å². The van der Waals surface area contributed by atoms with Gasteiger partial charge in [-0.3, -0.25) is 0 Å². The third kappa shape index (κ3) is 14.6. The number of rotatable bonds is 18. The Kier molecular flexibility index (Phi) is 22.0. The molecule has 9 unspecified atom stereocenters. The first kappa shape index (κ1) is 62.7. The van der Waals surface area contributed by atoms with Crippen molar-refractivity contribution >= 4 is 11.9 Å². The fraction of sp³-hybridized carbons (Fsp3) is 0.811. The average molecular weight is 1150 g/mol. The van der Waals surface area contributed by atoms with Gasteiger partial charge in [0, 0.05) is 44.4 Å². The number of fused-ring (bicyclic) bond motifs is 1. The Bertz CT molecular complexity index is 2150. The lowest BCUT2D eigenvalue weighted by Crippen LogP contribution is -2.66. The van der Waals surface area contributed by atoms with E-state index < -0.39 is 191 Å². The Morgan fingerprint density at radius 1 is 0.637 bits per heavy atom. The molecule has 27 nitrogen and oxygen atoms in total. The monoisotopic (exact) mass is 1150 g/mol. The van der Waals surface area contributed by atoms with Crippen LogP contribution in [-0.2, 0) is 57.0 Å². The van der Waals surface area contributed by atoms with E-state index in [9.17, 15) is 81.1 Å². The van der Waals surface area contributed by atoms with E-state index in [1.165, 1.54) is 32.4 Å². The molecule has 27 heteroatoms. The van der Waals surface area contributed by atoms with Crippen LogP contribution in [0.4, 0.5) is 0 Å². The van der Waals surface area contributed by atoms with Crippen LogP contribution >= 0.6 is 0 Å². The summed E-state index contributed by atoms with van der Waals surface area (Å²) in [6.07, 6.45) is -25.2. The Morgan fingerprint density at radius 3 is 1.95 bits per heavy atom. The molecule has 0 aromatic heterocycles. The van der Waals surface area contributed by atoms with Crippen LogP contribution in [0.1, 0.15) is 70.6 Å². The van der Waals surface area contributed by atoms with Crippen LogP contribution in [0.3, 0.4) is 0 Å². The zero-order chi connectivity index (χ0) is 57.7. The molecule has 8 rings (SSSR count). The molecule has 0 radical (unpaired) electrons. The molecule has 0 spiro atoms. The minimum atomic E-state index is -2.05. The quantitative estimate of drug-likeness (QED) is 0.0350. The van der Waals surface area contributed by atoms with E-state index in [0.29, 0.717) is 37.7 Å².